The predicted molar refractivity (Wildman–Crippen MR) is 113 cm³/mol. The van der Waals surface area contributed by atoms with E-state index >= 15 is 0 Å². The third kappa shape index (κ3) is 3.40. The molecule has 0 aliphatic heterocycles. The highest BCUT2D eigenvalue weighted by Crippen LogP contribution is 2.29. The van der Waals surface area contributed by atoms with E-state index in [0.29, 0.717) is 18.2 Å². The SMILES string of the molecule is Cc1[nH]c2c(C)cccc2c1CCNC(=O)c1cc(C2C=CC=CC2C)n[nH]1. The summed E-state index contributed by atoms with van der Waals surface area (Å²) in [6.45, 7) is 6.94. The van der Waals surface area contributed by atoms with Crippen LogP contribution in [0.15, 0.2) is 48.6 Å². The Labute approximate surface area is 164 Å². The van der Waals surface area contributed by atoms with Crippen molar-refractivity contribution in [2.45, 2.75) is 33.1 Å². The van der Waals surface area contributed by atoms with E-state index in [4.69, 9.17) is 0 Å². The summed E-state index contributed by atoms with van der Waals surface area (Å²) in [6.07, 6.45) is 9.16. The number of aryl methyl sites for hydroxylation is 2. The van der Waals surface area contributed by atoms with E-state index in [-0.39, 0.29) is 11.8 Å². The first-order chi connectivity index (χ1) is 13.5. The van der Waals surface area contributed by atoms with E-state index in [2.05, 4.69) is 77.7 Å². The number of H-pyrrole nitrogens is 2. The van der Waals surface area contributed by atoms with E-state index in [1.807, 2.05) is 12.1 Å². The molecule has 0 bridgehead atoms. The van der Waals surface area contributed by atoms with E-state index in [9.17, 15) is 4.79 Å². The molecule has 2 unspecified atom stereocenters. The number of aromatic amines is 2. The minimum Gasteiger partial charge on any atom is -0.358 e. The summed E-state index contributed by atoms with van der Waals surface area (Å²) in [6, 6.07) is 8.19. The van der Waals surface area contributed by atoms with Crippen molar-refractivity contribution in [3.63, 3.8) is 0 Å². The first-order valence-electron chi connectivity index (χ1n) is 9.80. The van der Waals surface area contributed by atoms with Crippen LogP contribution >= 0.6 is 0 Å². The third-order valence-corrected chi connectivity index (χ3v) is 5.62. The second-order valence-electron chi connectivity index (χ2n) is 7.59. The molecule has 1 aliphatic rings. The number of hydrogen-bond donors (Lipinski definition) is 3. The van der Waals surface area contributed by atoms with Gasteiger partial charge in [0, 0.05) is 29.1 Å². The quantitative estimate of drug-likeness (QED) is 0.622. The fourth-order valence-corrected chi connectivity index (χ4v) is 3.98. The van der Waals surface area contributed by atoms with Crippen LogP contribution in [0.5, 0.6) is 0 Å². The summed E-state index contributed by atoms with van der Waals surface area (Å²) in [5.41, 5.74) is 6.26. The van der Waals surface area contributed by atoms with Crippen molar-refractivity contribution < 1.29 is 4.79 Å². The number of amides is 1. The Morgan fingerprint density at radius 1 is 1.21 bits per heavy atom. The van der Waals surface area contributed by atoms with Crippen molar-refractivity contribution in [3.05, 3.63) is 76.8 Å². The fraction of sp³-hybridized carbons (Fsp3) is 0.304. The minimum atomic E-state index is -0.115. The number of aromatic nitrogens is 3. The molecule has 3 N–H and O–H groups in total. The molecule has 0 saturated heterocycles. The van der Waals surface area contributed by atoms with E-state index in [0.717, 1.165) is 17.8 Å². The van der Waals surface area contributed by atoms with Crippen LogP contribution in [0.25, 0.3) is 10.9 Å². The smallest absolute Gasteiger partial charge is 0.269 e. The summed E-state index contributed by atoms with van der Waals surface area (Å²) in [5.74, 6) is 0.466. The average Bonchev–Trinajstić information content (AvgIpc) is 3.28. The van der Waals surface area contributed by atoms with Gasteiger partial charge in [-0.3, -0.25) is 9.89 Å². The highest BCUT2D eigenvalue weighted by atomic mass is 16.1. The second-order valence-corrected chi connectivity index (χ2v) is 7.59. The molecule has 1 amide bonds. The average molecular weight is 374 g/mol. The normalized spacial score (nSPS) is 18.7. The summed E-state index contributed by atoms with van der Waals surface area (Å²) < 4.78 is 0. The van der Waals surface area contributed by atoms with Crippen LogP contribution in [0.3, 0.4) is 0 Å². The highest BCUT2D eigenvalue weighted by Gasteiger charge is 2.20. The van der Waals surface area contributed by atoms with Gasteiger partial charge in [0.2, 0.25) is 0 Å². The molecule has 3 aromatic rings. The summed E-state index contributed by atoms with van der Waals surface area (Å²) in [5, 5.41) is 11.5. The van der Waals surface area contributed by atoms with Crippen LogP contribution in [0.2, 0.25) is 0 Å². The van der Waals surface area contributed by atoms with Gasteiger partial charge < -0.3 is 10.3 Å². The first kappa shape index (κ1) is 18.3. The Bertz CT molecular complexity index is 1070. The highest BCUT2D eigenvalue weighted by molar-refractivity contribution is 5.92. The molecule has 144 valence electrons. The Kier molecular flexibility index (Phi) is 4.90. The Morgan fingerprint density at radius 3 is 2.86 bits per heavy atom. The van der Waals surface area contributed by atoms with Crippen molar-refractivity contribution in [2.75, 3.05) is 6.54 Å². The zero-order valence-electron chi connectivity index (χ0n) is 16.5. The maximum absolute atomic E-state index is 12.5. The molecule has 4 rings (SSSR count). The molecule has 2 atom stereocenters. The van der Waals surface area contributed by atoms with Gasteiger partial charge in [0.25, 0.3) is 5.91 Å². The van der Waals surface area contributed by atoms with Crippen LogP contribution in [0, 0.1) is 19.8 Å². The van der Waals surface area contributed by atoms with Gasteiger partial charge in [0.1, 0.15) is 5.69 Å². The Hall–Kier alpha value is -3.08. The Balaban J connectivity index is 1.41. The number of allylic oxidation sites excluding steroid dienone is 4. The van der Waals surface area contributed by atoms with Crippen LogP contribution in [0.4, 0.5) is 0 Å². The van der Waals surface area contributed by atoms with Gasteiger partial charge in [0.05, 0.1) is 5.69 Å². The molecule has 0 fully saturated rings. The van der Waals surface area contributed by atoms with Gasteiger partial charge in [0.15, 0.2) is 0 Å². The lowest BCUT2D eigenvalue weighted by molar-refractivity contribution is 0.0949. The molecular formula is C23H26N4O. The number of nitrogens with zero attached hydrogens (tertiary/aromatic N) is 1. The fourth-order valence-electron chi connectivity index (χ4n) is 3.98. The molecule has 2 heterocycles. The molecule has 0 radical (unpaired) electrons. The van der Waals surface area contributed by atoms with Crippen LogP contribution < -0.4 is 5.32 Å². The summed E-state index contributed by atoms with van der Waals surface area (Å²) in [4.78, 5) is 16.0. The number of benzene rings is 1. The standard InChI is InChI=1S/C23H26N4O/c1-14-7-4-5-9-17(14)20-13-21(27-26-20)23(28)24-12-11-18-16(3)25-22-15(2)8-6-10-19(18)22/h4-10,13-14,17,25H,11-12H2,1-3H3,(H,24,28)(H,26,27). The molecule has 0 spiro atoms. The molecular weight excluding hydrogens is 348 g/mol. The first-order valence-corrected chi connectivity index (χ1v) is 9.80. The van der Waals surface area contributed by atoms with Crippen LogP contribution in [-0.4, -0.2) is 27.6 Å². The molecule has 5 nitrogen and oxygen atoms in total. The number of para-hydroxylation sites is 1. The third-order valence-electron chi connectivity index (χ3n) is 5.62. The van der Waals surface area contributed by atoms with E-state index in [1.54, 1.807) is 0 Å². The summed E-state index contributed by atoms with van der Waals surface area (Å²) in [7, 11) is 0. The van der Waals surface area contributed by atoms with Crippen molar-refractivity contribution >= 4 is 16.8 Å². The van der Waals surface area contributed by atoms with Gasteiger partial charge in [-0.1, -0.05) is 49.4 Å². The predicted octanol–water partition coefficient (Wildman–Crippen LogP) is 4.33. The molecule has 2 aromatic heterocycles. The number of fused-ring (bicyclic) bond motifs is 1. The second kappa shape index (κ2) is 7.50. The van der Waals surface area contributed by atoms with Crippen LogP contribution in [-0.2, 0) is 6.42 Å². The van der Waals surface area contributed by atoms with Crippen molar-refractivity contribution in [3.8, 4) is 0 Å². The number of carbonyl (C=O) groups excluding carboxylic acids is 1. The van der Waals surface area contributed by atoms with Gasteiger partial charge >= 0.3 is 0 Å². The van der Waals surface area contributed by atoms with Gasteiger partial charge in [-0.2, -0.15) is 5.10 Å². The number of carbonyl (C=O) groups is 1. The van der Waals surface area contributed by atoms with Crippen molar-refractivity contribution in [2.24, 2.45) is 5.92 Å². The molecule has 5 heteroatoms. The zero-order chi connectivity index (χ0) is 19.7. The molecule has 1 aliphatic carbocycles. The van der Waals surface area contributed by atoms with Gasteiger partial charge in [-0.05, 0) is 43.4 Å². The van der Waals surface area contributed by atoms with E-state index < -0.39 is 0 Å². The number of rotatable bonds is 5. The monoisotopic (exact) mass is 374 g/mol. The molecule has 1 aromatic carbocycles. The topological polar surface area (TPSA) is 73.6 Å². The number of nitrogens with one attached hydrogen (secondary N) is 3. The summed E-state index contributed by atoms with van der Waals surface area (Å²) >= 11 is 0. The maximum atomic E-state index is 12.5. The number of hydrogen-bond acceptors (Lipinski definition) is 2. The lowest BCUT2D eigenvalue weighted by atomic mass is 9.87. The van der Waals surface area contributed by atoms with Crippen LogP contribution in [0.1, 0.15) is 45.8 Å². The van der Waals surface area contributed by atoms with Gasteiger partial charge in [-0.25, -0.2) is 0 Å². The minimum absolute atomic E-state index is 0.115. The largest absolute Gasteiger partial charge is 0.358 e. The van der Waals surface area contributed by atoms with Crippen molar-refractivity contribution in [1.82, 2.24) is 20.5 Å². The zero-order valence-corrected chi connectivity index (χ0v) is 16.5. The van der Waals surface area contributed by atoms with Crippen molar-refractivity contribution in [1.29, 1.82) is 0 Å². The lowest BCUT2D eigenvalue weighted by Crippen LogP contribution is -2.26. The molecule has 28 heavy (non-hydrogen) atoms. The Morgan fingerprint density at radius 2 is 2.04 bits per heavy atom. The maximum Gasteiger partial charge on any atom is 0.269 e. The lowest BCUT2D eigenvalue weighted by Gasteiger charge is -2.17. The van der Waals surface area contributed by atoms with Gasteiger partial charge in [-0.15, -0.1) is 0 Å². The molecule has 0 saturated carbocycles. The van der Waals surface area contributed by atoms with E-state index in [1.165, 1.54) is 22.0 Å².